The monoisotopic (exact) mass is 431 g/mol. The van der Waals surface area contributed by atoms with Crippen LogP contribution in [0.15, 0.2) is 60.8 Å². The van der Waals surface area contributed by atoms with Crippen LogP contribution in [-0.4, -0.2) is 44.9 Å². The van der Waals surface area contributed by atoms with Crippen LogP contribution in [0.3, 0.4) is 0 Å². The van der Waals surface area contributed by atoms with E-state index in [0.717, 1.165) is 43.8 Å². The highest BCUT2D eigenvalue weighted by Gasteiger charge is 2.32. The van der Waals surface area contributed by atoms with Crippen molar-refractivity contribution in [2.45, 2.75) is 45.0 Å². The van der Waals surface area contributed by atoms with Crippen LogP contribution in [0.1, 0.15) is 47.4 Å². The summed E-state index contributed by atoms with van der Waals surface area (Å²) < 4.78 is 7.70. The van der Waals surface area contributed by atoms with Gasteiger partial charge in [-0.05, 0) is 42.0 Å². The number of carbonyl (C=O) groups excluding carboxylic acids is 1. The summed E-state index contributed by atoms with van der Waals surface area (Å²) in [6, 6.07) is 19.0. The van der Waals surface area contributed by atoms with Crippen LogP contribution < -0.4 is 10.1 Å². The molecule has 1 aliphatic carbocycles. The first-order valence-corrected chi connectivity index (χ1v) is 11.3. The molecule has 0 bridgehead atoms. The fraction of sp³-hybridized carbons (Fsp3) is 0.400. The van der Waals surface area contributed by atoms with E-state index >= 15 is 0 Å². The summed E-state index contributed by atoms with van der Waals surface area (Å²) in [4.78, 5) is 15.0. The lowest BCUT2D eigenvalue weighted by molar-refractivity contribution is 0.0926. The van der Waals surface area contributed by atoms with Gasteiger partial charge in [0.25, 0.3) is 5.91 Å². The van der Waals surface area contributed by atoms with E-state index < -0.39 is 0 Å². The van der Waals surface area contributed by atoms with Crippen LogP contribution in [0.25, 0.3) is 0 Å². The molecule has 0 radical (unpaired) electrons. The van der Waals surface area contributed by atoms with Crippen molar-refractivity contribution < 1.29 is 9.53 Å². The van der Waals surface area contributed by atoms with E-state index in [9.17, 15) is 4.79 Å². The van der Waals surface area contributed by atoms with Gasteiger partial charge in [0, 0.05) is 25.7 Å². The van der Waals surface area contributed by atoms with Crippen LogP contribution in [0.4, 0.5) is 0 Å². The second-order valence-electron chi connectivity index (χ2n) is 8.98. The molecule has 2 aromatic carbocycles. The Morgan fingerprint density at radius 2 is 1.84 bits per heavy atom. The van der Waals surface area contributed by atoms with E-state index in [1.165, 1.54) is 5.56 Å². The summed E-state index contributed by atoms with van der Waals surface area (Å²) in [7, 11) is 0. The zero-order valence-corrected chi connectivity index (χ0v) is 18.4. The molecule has 0 unspecified atom stereocenters. The summed E-state index contributed by atoms with van der Waals surface area (Å²) in [5.74, 6) is 1.12. The topological polar surface area (TPSA) is 72.3 Å². The summed E-state index contributed by atoms with van der Waals surface area (Å²) in [5, 5.41) is 11.3. The molecule has 1 N–H and O–H groups in total. The van der Waals surface area contributed by atoms with Gasteiger partial charge in [-0.2, -0.15) is 0 Å². The molecule has 1 saturated carbocycles. The lowest BCUT2D eigenvalue weighted by Crippen LogP contribution is -2.40. The van der Waals surface area contributed by atoms with Gasteiger partial charge in [0.15, 0.2) is 5.69 Å². The van der Waals surface area contributed by atoms with Crippen LogP contribution in [0.2, 0.25) is 0 Å². The minimum atomic E-state index is -0.129. The van der Waals surface area contributed by atoms with E-state index in [1.54, 1.807) is 6.20 Å². The minimum absolute atomic E-state index is 0.113. The fourth-order valence-electron chi connectivity index (χ4n) is 4.21. The number of ether oxygens (including phenoxy) is 1. The molecule has 1 amide bonds. The number of aromatic nitrogens is 3. The maximum Gasteiger partial charge on any atom is 0.273 e. The maximum absolute atomic E-state index is 12.6. The largest absolute Gasteiger partial charge is 0.489 e. The molecule has 5 rings (SSSR count). The minimum Gasteiger partial charge on any atom is -0.489 e. The Labute approximate surface area is 188 Å². The normalized spacial score (nSPS) is 20.9. The SMILES string of the molecule is C[C@@H]1CN(Cc2ccc(OCc3ccccc3)cc2)C[C@@H]1NC(=O)c1cn(C2CC2)nn1. The third-order valence-electron chi connectivity index (χ3n) is 6.25. The Morgan fingerprint density at radius 3 is 2.59 bits per heavy atom. The van der Waals surface area contributed by atoms with Crippen molar-refractivity contribution in [3.05, 3.63) is 77.6 Å². The second-order valence-corrected chi connectivity index (χ2v) is 8.98. The van der Waals surface area contributed by atoms with Gasteiger partial charge in [0.1, 0.15) is 12.4 Å². The number of amides is 1. The van der Waals surface area contributed by atoms with Gasteiger partial charge in [-0.3, -0.25) is 9.69 Å². The molecule has 7 nitrogen and oxygen atoms in total. The zero-order chi connectivity index (χ0) is 21.9. The first-order valence-electron chi connectivity index (χ1n) is 11.3. The Balaban J connectivity index is 1.11. The highest BCUT2D eigenvalue weighted by molar-refractivity contribution is 5.92. The van der Waals surface area contributed by atoms with Gasteiger partial charge in [-0.25, -0.2) is 4.68 Å². The highest BCUT2D eigenvalue weighted by Crippen LogP contribution is 2.33. The molecule has 1 aromatic heterocycles. The smallest absolute Gasteiger partial charge is 0.273 e. The summed E-state index contributed by atoms with van der Waals surface area (Å²) >= 11 is 0. The van der Waals surface area contributed by atoms with Crippen molar-refractivity contribution in [1.29, 1.82) is 0 Å². The Morgan fingerprint density at radius 1 is 1.06 bits per heavy atom. The average Bonchev–Trinajstić information content (AvgIpc) is 3.44. The number of hydrogen-bond donors (Lipinski definition) is 1. The van der Waals surface area contributed by atoms with E-state index in [-0.39, 0.29) is 11.9 Å². The van der Waals surface area contributed by atoms with Crippen LogP contribution in [0.5, 0.6) is 5.75 Å². The number of carbonyl (C=O) groups is 1. The molecule has 3 aromatic rings. The summed E-state index contributed by atoms with van der Waals surface area (Å²) in [6.45, 7) is 5.39. The molecule has 2 aliphatic rings. The van der Waals surface area contributed by atoms with E-state index in [1.807, 2.05) is 35.0 Å². The predicted octanol–water partition coefficient (Wildman–Crippen LogP) is 3.44. The number of nitrogens with one attached hydrogen (secondary N) is 1. The molecule has 166 valence electrons. The van der Waals surface area contributed by atoms with Crippen molar-refractivity contribution in [1.82, 2.24) is 25.2 Å². The highest BCUT2D eigenvalue weighted by atomic mass is 16.5. The lowest BCUT2D eigenvalue weighted by atomic mass is 10.1. The second kappa shape index (κ2) is 9.12. The van der Waals surface area contributed by atoms with Gasteiger partial charge < -0.3 is 10.1 Å². The number of hydrogen-bond acceptors (Lipinski definition) is 5. The summed E-state index contributed by atoms with van der Waals surface area (Å²) in [6.07, 6.45) is 4.02. The summed E-state index contributed by atoms with van der Waals surface area (Å²) in [5.41, 5.74) is 2.81. The van der Waals surface area contributed by atoms with E-state index in [2.05, 4.69) is 51.7 Å². The first kappa shape index (κ1) is 20.7. The Bertz CT molecular complexity index is 1050. The van der Waals surface area contributed by atoms with Crippen LogP contribution in [-0.2, 0) is 13.2 Å². The van der Waals surface area contributed by atoms with Crippen molar-refractivity contribution in [3.63, 3.8) is 0 Å². The molecule has 7 heteroatoms. The molecular weight excluding hydrogens is 402 g/mol. The van der Waals surface area contributed by atoms with Crippen LogP contribution >= 0.6 is 0 Å². The zero-order valence-electron chi connectivity index (χ0n) is 18.4. The van der Waals surface area contributed by atoms with Gasteiger partial charge >= 0.3 is 0 Å². The fourth-order valence-corrected chi connectivity index (χ4v) is 4.21. The molecule has 1 aliphatic heterocycles. The molecule has 2 fully saturated rings. The Hall–Kier alpha value is -3.19. The molecule has 0 spiro atoms. The third-order valence-corrected chi connectivity index (χ3v) is 6.25. The van der Waals surface area contributed by atoms with Gasteiger partial charge in [0.2, 0.25) is 0 Å². The molecule has 32 heavy (non-hydrogen) atoms. The molecule has 1 saturated heterocycles. The van der Waals surface area contributed by atoms with Gasteiger partial charge in [-0.15, -0.1) is 5.10 Å². The van der Waals surface area contributed by atoms with E-state index in [0.29, 0.717) is 24.3 Å². The standard InChI is InChI=1S/C25H29N5O2/c1-18-13-29(15-23(18)26-25(31)24-16-30(28-27-24)21-9-10-21)14-19-7-11-22(12-8-19)32-17-20-5-3-2-4-6-20/h2-8,11-12,16,18,21,23H,9-10,13-15,17H2,1H3,(H,26,31)/t18-,23+/m1/s1. The number of benzene rings is 2. The quantitative estimate of drug-likeness (QED) is 0.592. The first-order chi connectivity index (χ1) is 15.6. The van der Waals surface area contributed by atoms with Crippen molar-refractivity contribution >= 4 is 5.91 Å². The Kier molecular flexibility index (Phi) is 5.90. The maximum atomic E-state index is 12.6. The number of nitrogens with zero attached hydrogens (tertiary/aromatic N) is 4. The van der Waals surface area contributed by atoms with Crippen molar-refractivity contribution in [2.75, 3.05) is 13.1 Å². The molecule has 2 atom stereocenters. The lowest BCUT2D eigenvalue weighted by Gasteiger charge is -2.17. The van der Waals surface area contributed by atoms with Gasteiger partial charge in [-0.1, -0.05) is 54.6 Å². The average molecular weight is 432 g/mol. The number of likely N-dealkylation sites (tertiary alicyclic amines) is 1. The third kappa shape index (κ3) is 4.99. The number of rotatable bonds is 8. The van der Waals surface area contributed by atoms with Crippen LogP contribution in [0, 0.1) is 5.92 Å². The van der Waals surface area contributed by atoms with Crippen molar-refractivity contribution in [3.8, 4) is 5.75 Å². The molecular formula is C25H29N5O2. The molecule has 2 heterocycles. The predicted molar refractivity (Wildman–Crippen MR) is 121 cm³/mol. The van der Waals surface area contributed by atoms with Gasteiger partial charge in [0.05, 0.1) is 12.2 Å². The van der Waals surface area contributed by atoms with E-state index in [4.69, 9.17) is 4.74 Å². The van der Waals surface area contributed by atoms with Crippen molar-refractivity contribution in [2.24, 2.45) is 5.92 Å².